The lowest BCUT2D eigenvalue weighted by Gasteiger charge is -2.36. The Hall–Kier alpha value is -2.80. The van der Waals surface area contributed by atoms with E-state index in [0.29, 0.717) is 6.61 Å². The van der Waals surface area contributed by atoms with Crippen LogP contribution in [-0.4, -0.2) is 58.6 Å². The van der Waals surface area contributed by atoms with Crippen LogP contribution in [-0.2, 0) is 22.5 Å². The quantitative estimate of drug-likeness (QED) is 0.539. The second kappa shape index (κ2) is 9.34. The van der Waals surface area contributed by atoms with Crippen LogP contribution < -0.4 is 4.90 Å². The van der Waals surface area contributed by atoms with Crippen molar-refractivity contribution in [2.75, 3.05) is 37.7 Å². The van der Waals surface area contributed by atoms with Gasteiger partial charge in [-0.15, -0.1) is 6.58 Å². The second-order valence-electron chi connectivity index (χ2n) is 7.82. The molecule has 4 rings (SSSR count). The number of anilines is 1. The summed E-state index contributed by atoms with van der Waals surface area (Å²) < 4.78 is 5.23. The molecule has 2 aliphatic rings. The molecule has 2 aliphatic heterocycles. The highest BCUT2D eigenvalue weighted by atomic mass is 16.5. The van der Waals surface area contributed by atoms with Gasteiger partial charge >= 0.3 is 5.97 Å². The van der Waals surface area contributed by atoms with Crippen LogP contribution in [0.25, 0.3) is 11.4 Å². The molecule has 158 valence electrons. The average Bonchev–Trinajstić information content (AvgIpc) is 2.79. The van der Waals surface area contributed by atoms with Gasteiger partial charge in [0.15, 0.2) is 5.82 Å². The van der Waals surface area contributed by atoms with Crippen LogP contribution in [0.2, 0.25) is 0 Å². The highest BCUT2D eigenvalue weighted by Gasteiger charge is 2.30. The lowest BCUT2D eigenvalue weighted by atomic mass is 9.96. The van der Waals surface area contributed by atoms with Crippen molar-refractivity contribution in [1.29, 1.82) is 0 Å². The highest BCUT2D eigenvalue weighted by molar-refractivity contribution is 5.73. The van der Waals surface area contributed by atoms with Crippen LogP contribution in [0.1, 0.15) is 31.0 Å². The number of aromatic nitrogens is 3. The van der Waals surface area contributed by atoms with Crippen molar-refractivity contribution in [3.05, 3.63) is 48.4 Å². The smallest absolute Gasteiger partial charge is 0.309 e. The van der Waals surface area contributed by atoms with Crippen LogP contribution >= 0.6 is 0 Å². The van der Waals surface area contributed by atoms with Gasteiger partial charge in [-0.3, -0.25) is 14.7 Å². The lowest BCUT2D eigenvalue weighted by molar-refractivity contribution is -0.148. The summed E-state index contributed by atoms with van der Waals surface area (Å²) in [5, 5.41) is 0. The first-order chi connectivity index (χ1) is 14.7. The molecule has 0 atom stereocenters. The number of nitrogens with zero attached hydrogens (tertiary/aromatic N) is 5. The molecular formula is C23H29N5O2. The zero-order chi connectivity index (χ0) is 20.9. The number of fused-ring (bicyclic) bond motifs is 1. The molecule has 0 aliphatic carbocycles. The molecule has 0 saturated carbocycles. The van der Waals surface area contributed by atoms with Gasteiger partial charge in [0, 0.05) is 62.7 Å². The Morgan fingerprint density at radius 3 is 2.70 bits per heavy atom. The Labute approximate surface area is 177 Å². The van der Waals surface area contributed by atoms with Crippen molar-refractivity contribution in [1.82, 2.24) is 19.9 Å². The standard InChI is InChI=1S/C23H29N5O2/c1-3-12-27-13-9-20-19(16-27)22(26-21(25-20)17-5-10-24-11-6-17)28-14-7-18(8-15-28)23(29)30-4-2/h3,5-6,10-11,18H,1,4,7-9,12-16H2,2H3. The molecule has 0 aromatic carbocycles. The molecule has 0 N–H and O–H groups in total. The Balaban J connectivity index is 1.64. The van der Waals surface area contributed by atoms with Gasteiger partial charge in [-0.2, -0.15) is 0 Å². The van der Waals surface area contributed by atoms with Crippen LogP contribution in [0.3, 0.4) is 0 Å². The van der Waals surface area contributed by atoms with Gasteiger partial charge < -0.3 is 9.64 Å². The van der Waals surface area contributed by atoms with E-state index in [1.54, 1.807) is 12.4 Å². The van der Waals surface area contributed by atoms with Gasteiger partial charge in [0.05, 0.1) is 18.2 Å². The Morgan fingerprint density at radius 1 is 1.23 bits per heavy atom. The molecule has 0 unspecified atom stereocenters. The Kier molecular flexibility index (Phi) is 6.38. The van der Waals surface area contributed by atoms with Gasteiger partial charge in [-0.1, -0.05) is 6.08 Å². The first-order valence-electron chi connectivity index (χ1n) is 10.7. The van der Waals surface area contributed by atoms with Gasteiger partial charge in [0.25, 0.3) is 0 Å². The number of ether oxygens (including phenoxy) is 1. The van der Waals surface area contributed by atoms with Gasteiger partial charge in [-0.25, -0.2) is 9.97 Å². The van der Waals surface area contributed by atoms with Crippen molar-refractivity contribution in [2.45, 2.75) is 32.7 Å². The normalized spacial score (nSPS) is 17.4. The number of pyridine rings is 1. The van der Waals surface area contributed by atoms with Crippen molar-refractivity contribution >= 4 is 11.8 Å². The van der Waals surface area contributed by atoms with Crippen LogP contribution in [0, 0.1) is 5.92 Å². The molecule has 0 spiro atoms. The number of piperidine rings is 1. The molecule has 7 nitrogen and oxygen atoms in total. The zero-order valence-electron chi connectivity index (χ0n) is 17.6. The summed E-state index contributed by atoms with van der Waals surface area (Å²) in [5.41, 5.74) is 3.30. The topological polar surface area (TPSA) is 71.5 Å². The number of hydrogen-bond donors (Lipinski definition) is 0. The van der Waals surface area contributed by atoms with Crippen LogP contribution in [0.4, 0.5) is 5.82 Å². The summed E-state index contributed by atoms with van der Waals surface area (Å²) in [4.78, 5) is 30.9. The maximum absolute atomic E-state index is 12.1. The molecular weight excluding hydrogens is 378 g/mol. The minimum absolute atomic E-state index is 0.0178. The van der Waals surface area contributed by atoms with Crippen molar-refractivity contribution in [3.63, 3.8) is 0 Å². The summed E-state index contributed by atoms with van der Waals surface area (Å²) in [6.07, 6.45) is 7.97. The number of carbonyl (C=O) groups is 1. The van der Waals surface area contributed by atoms with E-state index in [1.807, 2.05) is 25.1 Å². The third-order valence-corrected chi connectivity index (χ3v) is 5.86. The summed E-state index contributed by atoms with van der Waals surface area (Å²) in [6.45, 7) is 10.4. The van der Waals surface area contributed by atoms with E-state index in [2.05, 4.69) is 21.4 Å². The number of rotatable bonds is 6. The van der Waals surface area contributed by atoms with E-state index in [1.165, 1.54) is 5.56 Å². The van der Waals surface area contributed by atoms with E-state index in [4.69, 9.17) is 14.7 Å². The summed E-state index contributed by atoms with van der Waals surface area (Å²) in [7, 11) is 0. The SMILES string of the molecule is C=CCN1CCc2nc(-c3ccncc3)nc(N3CCC(C(=O)OCC)CC3)c2C1. The summed E-state index contributed by atoms with van der Waals surface area (Å²) in [5.74, 6) is 1.66. The fourth-order valence-corrected chi connectivity index (χ4v) is 4.27. The fraction of sp³-hybridized carbons (Fsp3) is 0.478. The number of carbonyl (C=O) groups excluding carboxylic acids is 1. The number of hydrogen-bond acceptors (Lipinski definition) is 7. The highest BCUT2D eigenvalue weighted by Crippen LogP contribution is 2.32. The predicted molar refractivity (Wildman–Crippen MR) is 116 cm³/mol. The molecule has 2 aromatic heterocycles. The molecule has 0 amide bonds. The maximum Gasteiger partial charge on any atom is 0.309 e. The lowest BCUT2D eigenvalue weighted by Crippen LogP contribution is -2.40. The molecule has 0 bridgehead atoms. The minimum atomic E-state index is -0.0727. The van der Waals surface area contributed by atoms with Gasteiger partial charge in [0.1, 0.15) is 5.82 Å². The molecule has 1 saturated heterocycles. The molecule has 4 heterocycles. The summed E-state index contributed by atoms with van der Waals surface area (Å²) in [6, 6.07) is 3.90. The van der Waals surface area contributed by atoms with Gasteiger partial charge in [0.2, 0.25) is 0 Å². The zero-order valence-corrected chi connectivity index (χ0v) is 17.6. The third-order valence-electron chi connectivity index (χ3n) is 5.86. The van der Waals surface area contributed by atoms with Crippen molar-refractivity contribution in [2.24, 2.45) is 5.92 Å². The Bertz CT molecular complexity index is 894. The first-order valence-corrected chi connectivity index (χ1v) is 10.7. The monoisotopic (exact) mass is 407 g/mol. The predicted octanol–water partition coefficient (Wildman–Crippen LogP) is 2.86. The van der Waals surface area contributed by atoms with Crippen LogP contribution in [0.15, 0.2) is 37.2 Å². The van der Waals surface area contributed by atoms with E-state index in [0.717, 1.165) is 74.9 Å². The minimum Gasteiger partial charge on any atom is -0.466 e. The third kappa shape index (κ3) is 4.36. The van der Waals surface area contributed by atoms with E-state index < -0.39 is 0 Å². The van der Waals surface area contributed by atoms with Crippen molar-refractivity contribution < 1.29 is 9.53 Å². The average molecular weight is 408 g/mol. The first kappa shape index (κ1) is 20.5. The largest absolute Gasteiger partial charge is 0.466 e. The molecule has 0 radical (unpaired) electrons. The summed E-state index contributed by atoms with van der Waals surface area (Å²) >= 11 is 0. The maximum atomic E-state index is 12.1. The molecule has 2 aromatic rings. The van der Waals surface area contributed by atoms with Crippen molar-refractivity contribution in [3.8, 4) is 11.4 Å². The van der Waals surface area contributed by atoms with E-state index in [9.17, 15) is 4.79 Å². The van der Waals surface area contributed by atoms with Crippen LogP contribution in [0.5, 0.6) is 0 Å². The fourth-order valence-electron chi connectivity index (χ4n) is 4.27. The molecule has 1 fully saturated rings. The molecule has 30 heavy (non-hydrogen) atoms. The Morgan fingerprint density at radius 2 is 2.00 bits per heavy atom. The molecule has 7 heteroatoms. The van der Waals surface area contributed by atoms with E-state index >= 15 is 0 Å². The second-order valence-corrected chi connectivity index (χ2v) is 7.82. The number of esters is 1. The van der Waals surface area contributed by atoms with Gasteiger partial charge in [-0.05, 0) is 31.9 Å². The van der Waals surface area contributed by atoms with E-state index in [-0.39, 0.29) is 11.9 Å².